The fourth-order valence-electron chi connectivity index (χ4n) is 4.47. The first-order chi connectivity index (χ1) is 19.6. The molecule has 1 aliphatic carbocycles. The van der Waals surface area contributed by atoms with E-state index in [1.54, 1.807) is 12.1 Å². The maximum absolute atomic E-state index is 13.4. The molecule has 1 unspecified atom stereocenters. The summed E-state index contributed by atoms with van der Waals surface area (Å²) in [7, 11) is 0. The number of pyridine rings is 1. The highest BCUT2D eigenvalue weighted by molar-refractivity contribution is 6.35. The number of aromatic nitrogens is 1. The van der Waals surface area contributed by atoms with Gasteiger partial charge in [0.05, 0.1) is 27.8 Å². The highest BCUT2D eigenvalue weighted by Crippen LogP contribution is 2.38. The van der Waals surface area contributed by atoms with Crippen LogP contribution >= 0.6 is 23.2 Å². The highest BCUT2D eigenvalue weighted by Gasteiger charge is 2.42. The van der Waals surface area contributed by atoms with Gasteiger partial charge in [-0.15, -0.1) is 0 Å². The number of benzene rings is 2. The molecule has 1 aliphatic heterocycles. The van der Waals surface area contributed by atoms with E-state index >= 15 is 0 Å². The van der Waals surface area contributed by atoms with E-state index in [1.165, 1.54) is 49.6 Å². The third kappa shape index (κ3) is 6.28. The quantitative estimate of drug-likeness (QED) is 0.187. The van der Waals surface area contributed by atoms with Crippen LogP contribution in [-0.4, -0.2) is 46.9 Å². The Kier molecular flexibility index (Phi) is 8.42. The van der Waals surface area contributed by atoms with Gasteiger partial charge in [0.1, 0.15) is 12.1 Å². The van der Waals surface area contributed by atoms with E-state index in [0.717, 1.165) is 17.7 Å². The van der Waals surface area contributed by atoms with Gasteiger partial charge in [-0.2, -0.15) is 8.78 Å². The van der Waals surface area contributed by atoms with Gasteiger partial charge in [-0.1, -0.05) is 41.4 Å². The Bertz CT molecular complexity index is 1440. The predicted octanol–water partition coefficient (Wildman–Crippen LogP) is 6.29. The SMILES string of the molecule is CC(C(=O)O[C@@H](Cc1c(Cl)cncc1Cl)c1ccc(OC(F)F)c(OCC2CC2)c1)N1C(=O)c2ccccc2C1=O. The van der Waals surface area contributed by atoms with E-state index < -0.39 is 36.5 Å². The topological polar surface area (TPSA) is 95.0 Å². The van der Waals surface area contributed by atoms with Crippen LogP contribution in [0.1, 0.15) is 57.7 Å². The van der Waals surface area contributed by atoms with Gasteiger partial charge in [0.15, 0.2) is 11.5 Å². The molecule has 2 amide bonds. The minimum Gasteiger partial charge on any atom is -0.489 e. The van der Waals surface area contributed by atoms with Gasteiger partial charge in [0, 0.05) is 18.8 Å². The lowest BCUT2D eigenvalue weighted by Gasteiger charge is -2.26. The Balaban J connectivity index is 1.45. The number of hydrogen-bond acceptors (Lipinski definition) is 7. The number of carbonyl (C=O) groups is 3. The maximum atomic E-state index is 13.4. The second-order valence-corrected chi connectivity index (χ2v) is 10.6. The van der Waals surface area contributed by atoms with Gasteiger partial charge in [-0.05, 0) is 61.1 Å². The molecule has 1 fully saturated rings. The number of nitrogens with zero attached hydrogens (tertiary/aromatic N) is 2. The fraction of sp³-hybridized carbons (Fsp3) is 0.310. The van der Waals surface area contributed by atoms with Crippen molar-refractivity contribution in [3.8, 4) is 11.5 Å². The molecule has 5 rings (SSSR count). The lowest BCUT2D eigenvalue weighted by Crippen LogP contribution is -2.44. The van der Waals surface area contributed by atoms with E-state index in [0.29, 0.717) is 23.7 Å². The number of esters is 1. The van der Waals surface area contributed by atoms with Crippen molar-refractivity contribution >= 4 is 41.0 Å². The second kappa shape index (κ2) is 12.0. The van der Waals surface area contributed by atoms with Crippen molar-refractivity contribution in [1.29, 1.82) is 0 Å². The molecular formula is C29H24Cl2F2N2O6. The van der Waals surface area contributed by atoms with Crippen LogP contribution < -0.4 is 9.47 Å². The Morgan fingerprint density at radius 2 is 1.66 bits per heavy atom. The Hall–Kier alpha value is -3.76. The number of hydrogen-bond donors (Lipinski definition) is 0. The smallest absolute Gasteiger partial charge is 0.387 e. The minimum atomic E-state index is -3.08. The standard InChI is InChI=1S/C29H24Cl2F2N2O6/c1-15(35-26(36)18-4-2-3-5-19(18)27(35)37)28(38)40-24(11-20-21(30)12-34-13-22(20)31)17-8-9-23(41-29(32)33)25(10-17)39-14-16-6-7-16/h2-5,8-10,12-13,15-16,24,29H,6-7,11,14H2,1H3/t15?,24-/m0/s1. The molecule has 12 heteroatoms. The first-order valence-corrected chi connectivity index (χ1v) is 13.6. The lowest BCUT2D eigenvalue weighted by molar-refractivity contribution is -0.153. The van der Waals surface area contributed by atoms with Gasteiger partial charge in [0.2, 0.25) is 0 Å². The molecule has 41 heavy (non-hydrogen) atoms. The molecule has 0 bridgehead atoms. The van der Waals surface area contributed by atoms with Crippen molar-refractivity contribution in [2.45, 2.75) is 44.9 Å². The van der Waals surface area contributed by atoms with Crippen LogP contribution in [0.25, 0.3) is 0 Å². The van der Waals surface area contributed by atoms with Crippen molar-refractivity contribution < 1.29 is 37.4 Å². The van der Waals surface area contributed by atoms with Gasteiger partial charge in [0.25, 0.3) is 11.8 Å². The van der Waals surface area contributed by atoms with Gasteiger partial charge in [-0.25, -0.2) is 4.79 Å². The largest absolute Gasteiger partial charge is 0.489 e. The van der Waals surface area contributed by atoms with Crippen LogP contribution in [0.4, 0.5) is 8.78 Å². The van der Waals surface area contributed by atoms with Crippen LogP contribution in [0.3, 0.4) is 0 Å². The Labute approximate surface area is 244 Å². The molecule has 214 valence electrons. The first kappa shape index (κ1) is 28.8. The van der Waals surface area contributed by atoms with Gasteiger partial charge in [-0.3, -0.25) is 19.5 Å². The third-order valence-corrected chi connectivity index (χ3v) is 7.53. The van der Waals surface area contributed by atoms with E-state index in [-0.39, 0.29) is 39.1 Å². The van der Waals surface area contributed by atoms with Crippen molar-refractivity contribution in [3.05, 3.63) is 87.2 Å². The summed E-state index contributed by atoms with van der Waals surface area (Å²) in [5, 5.41) is 0.435. The Morgan fingerprint density at radius 1 is 1.02 bits per heavy atom. The van der Waals surface area contributed by atoms with Crippen LogP contribution in [-0.2, 0) is 16.0 Å². The second-order valence-electron chi connectivity index (χ2n) is 9.75. The molecule has 1 saturated carbocycles. The fourth-order valence-corrected chi connectivity index (χ4v) is 4.99. The molecule has 0 saturated heterocycles. The third-order valence-electron chi connectivity index (χ3n) is 6.88. The maximum Gasteiger partial charge on any atom is 0.387 e. The van der Waals surface area contributed by atoms with E-state index in [4.69, 9.17) is 32.7 Å². The van der Waals surface area contributed by atoms with Crippen LogP contribution in [0.15, 0.2) is 54.9 Å². The van der Waals surface area contributed by atoms with Crippen LogP contribution in [0, 0.1) is 5.92 Å². The molecule has 2 heterocycles. The van der Waals surface area contributed by atoms with E-state index in [1.807, 2.05) is 0 Å². The van der Waals surface area contributed by atoms with Crippen molar-refractivity contribution in [2.75, 3.05) is 6.61 Å². The van der Waals surface area contributed by atoms with E-state index in [2.05, 4.69) is 9.72 Å². The number of amides is 2. The minimum absolute atomic E-state index is 0.0299. The zero-order valence-electron chi connectivity index (χ0n) is 21.7. The summed E-state index contributed by atoms with van der Waals surface area (Å²) in [5.74, 6) is -1.90. The average Bonchev–Trinajstić information content (AvgIpc) is 3.74. The van der Waals surface area contributed by atoms with E-state index in [9.17, 15) is 23.2 Å². The predicted molar refractivity (Wildman–Crippen MR) is 144 cm³/mol. The van der Waals surface area contributed by atoms with Crippen LogP contribution in [0.2, 0.25) is 10.0 Å². The highest BCUT2D eigenvalue weighted by atomic mass is 35.5. The van der Waals surface area contributed by atoms with Crippen molar-refractivity contribution in [3.63, 3.8) is 0 Å². The monoisotopic (exact) mass is 604 g/mol. The zero-order chi connectivity index (χ0) is 29.3. The van der Waals surface area contributed by atoms with Crippen molar-refractivity contribution in [2.24, 2.45) is 5.92 Å². The molecule has 2 aromatic carbocycles. The molecule has 3 aromatic rings. The number of rotatable bonds is 11. The van der Waals surface area contributed by atoms with Gasteiger partial charge < -0.3 is 14.2 Å². The lowest BCUT2D eigenvalue weighted by atomic mass is 10.0. The zero-order valence-corrected chi connectivity index (χ0v) is 23.2. The molecule has 2 atom stereocenters. The van der Waals surface area contributed by atoms with Gasteiger partial charge >= 0.3 is 12.6 Å². The summed E-state index contributed by atoms with van der Waals surface area (Å²) in [6, 6.07) is 9.20. The number of alkyl halides is 2. The summed E-state index contributed by atoms with van der Waals surface area (Å²) >= 11 is 12.7. The number of imide groups is 1. The molecule has 8 nitrogen and oxygen atoms in total. The summed E-state index contributed by atoms with van der Waals surface area (Å²) in [6.07, 6.45) is 3.61. The molecule has 0 spiro atoms. The summed E-state index contributed by atoms with van der Waals surface area (Å²) < 4.78 is 42.4. The molecule has 1 aromatic heterocycles. The summed E-state index contributed by atoms with van der Waals surface area (Å²) in [4.78, 5) is 44.1. The van der Waals surface area contributed by atoms with Crippen LogP contribution in [0.5, 0.6) is 11.5 Å². The number of halogens is 4. The molecule has 0 N–H and O–H groups in total. The normalized spacial score (nSPS) is 16.0. The number of fused-ring (bicyclic) bond motifs is 1. The average molecular weight is 605 g/mol. The number of ether oxygens (including phenoxy) is 3. The Morgan fingerprint density at radius 3 is 2.24 bits per heavy atom. The molecular weight excluding hydrogens is 581 g/mol. The summed E-state index contributed by atoms with van der Waals surface area (Å²) in [6.45, 7) is -1.38. The molecule has 0 radical (unpaired) electrons. The first-order valence-electron chi connectivity index (χ1n) is 12.8. The summed E-state index contributed by atoms with van der Waals surface area (Å²) in [5.41, 5.74) is 1.17. The molecule has 2 aliphatic rings. The van der Waals surface area contributed by atoms with Crippen molar-refractivity contribution in [1.82, 2.24) is 9.88 Å². The number of carbonyl (C=O) groups excluding carboxylic acids is 3.